The van der Waals surface area contributed by atoms with Gasteiger partial charge in [0.05, 0.1) is 12.7 Å². The molecule has 0 radical (unpaired) electrons. The Hall–Kier alpha value is -0.340. The number of hydrogen-bond acceptors (Lipinski definition) is 2. The molecule has 6 rings (SSSR count). The molecule has 0 bridgehead atoms. The van der Waals surface area contributed by atoms with Crippen molar-refractivity contribution in [2.45, 2.75) is 104 Å². The average molecular weight is 413 g/mol. The second-order valence-electron chi connectivity index (χ2n) is 13.1. The van der Waals surface area contributed by atoms with Gasteiger partial charge in [0.1, 0.15) is 0 Å². The molecule has 2 saturated heterocycles. The summed E-state index contributed by atoms with van der Waals surface area (Å²) >= 11 is 0. The molecule has 0 amide bonds. The van der Waals surface area contributed by atoms with Crippen molar-refractivity contribution in [2.75, 3.05) is 6.61 Å². The zero-order chi connectivity index (χ0) is 20.9. The lowest BCUT2D eigenvalue weighted by atomic mass is 9.46. The lowest BCUT2D eigenvalue weighted by molar-refractivity contribution is -0.272. The highest BCUT2D eigenvalue weighted by Gasteiger charge is 2.68. The van der Waals surface area contributed by atoms with Crippen molar-refractivity contribution in [3.63, 3.8) is 0 Å². The normalized spacial score (nSPS) is 59.8. The fourth-order valence-electron chi connectivity index (χ4n) is 9.86. The van der Waals surface area contributed by atoms with E-state index in [0.29, 0.717) is 34.7 Å². The molecular formula is C28H44O2. The van der Waals surface area contributed by atoms with E-state index in [0.717, 1.165) is 36.7 Å². The van der Waals surface area contributed by atoms with Gasteiger partial charge in [0.15, 0.2) is 5.79 Å². The van der Waals surface area contributed by atoms with Crippen LogP contribution in [0.1, 0.15) is 92.4 Å². The van der Waals surface area contributed by atoms with Crippen molar-refractivity contribution >= 4 is 0 Å². The predicted octanol–water partition coefficient (Wildman–Crippen LogP) is 6.99. The summed E-state index contributed by atoms with van der Waals surface area (Å²) in [4.78, 5) is 0. The first kappa shape index (κ1) is 20.3. The third-order valence-electron chi connectivity index (χ3n) is 11.6. The van der Waals surface area contributed by atoms with Gasteiger partial charge < -0.3 is 9.47 Å². The maximum absolute atomic E-state index is 6.92. The van der Waals surface area contributed by atoms with Crippen LogP contribution in [0.25, 0.3) is 0 Å². The molecule has 30 heavy (non-hydrogen) atoms. The van der Waals surface area contributed by atoms with Crippen LogP contribution >= 0.6 is 0 Å². The Morgan fingerprint density at radius 1 is 0.933 bits per heavy atom. The second kappa shape index (κ2) is 6.60. The molecule has 3 saturated carbocycles. The highest BCUT2D eigenvalue weighted by Crippen LogP contribution is 2.70. The van der Waals surface area contributed by atoms with Crippen LogP contribution < -0.4 is 0 Å². The van der Waals surface area contributed by atoms with Crippen molar-refractivity contribution < 1.29 is 9.47 Å². The number of rotatable bonds is 0. The monoisotopic (exact) mass is 412 g/mol. The molecule has 0 N–H and O–H groups in total. The van der Waals surface area contributed by atoms with E-state index in [1.165, 1.54) is 51.4 Å². The summed E-state index contributed by atoms with van der Waals surface area (Å²) in [6.45, 7) is 13.5. The van der Waals surface area contributed by atoms with Crippen LogP contribution in [0.4, 0.5) is 0 Å². The largest absolute Gasteiger partial charge is 0.349 e. The van der Waals surface area contributed by atoms with Crippen LogP contribution in [0.2, 0.25) is 0 Å². The number of allylic oxidation sites excluding steroid dienone is 2. The van der Waals surface area contributed by atoms with Crippen molar-refractivity contribution in [2.24, 2.45) is 52.3 Å². The van der Waals surface area contributed by atoms with E-state index in [9.17, 15) is 0 Å². The molecule has 5 fully saturated rings. The molecule has 2 heterocycles. The van der Waals surface area contributed by atoms with Gasteiger partial charge in [-0.15, -0.1) is 0 Å². The third kappa shape index (κ3) is 2.56. The number of fused-ring (bicyclic) bond motifs is 7. The standard InChI is InChI=1S/C28H44O2/c1-17-8-11-26(4)20(14-17)6-7-21-22(26)10-12-27(5)23(21)15-24-25(27)19(3)28(30-24)13-9-18(2)16-29-28/h6,17-19,21-25H,7-16H2,1-5H3/t17?,18-,19+,21?,22?,23?,24?,25?,26+,27+,28?/m1/s1. The van der Waals surface area contributed by atoms with Gasteiger partial charge in [-0.3, -0.25) is 0 Å². The third-order valence-corrected chi connectivity index (χ3v) is 11.6. The highest BCUT2D eigenvalue weighted by atomic mass is 16.7. The molecule has 168 valence electrons. The van der Waals surface area contributed by atoms with E-state index >= 15 is 0 Å². The smallest absolute Gasteiger partial charge is 0.171 e. The molecule has 11 atom stereocenters. The lowest BCUT2D eigenvalue weighted by Gasteiger charge is -2.58. The summed E-state index contributed by atoms with van der Waals surface area (Å²) in [5.74, 6) is 5.20. The molecule has 7 unspecified atom stereocenters. The Labute approximate surface area is 184 Å². The van der Waals surface area contributed by atoms with Gasteiger partial charge in [-0.2, -0.15) is 0 Å². The summed E-state index contributed by atoms with van der Waals surface area (Å²) < 4.78 is 13.4. The van der Waals surface area contributed by atoms with Crippen LogP contribution in [0.15, 0.2) is 11.6 Å². The van der Waals surface area contributed by atoms with E-state index in [1.54, 1.807) is 0 Å². The Bertz CT molecular complexity index is 733. The number of hydrogen-bond donors (Lipinski definition) is 0. The first-order valence-electron chi connectivity index (χ1n) is 13.3. The Morgan fingerprint density at radius 3 is 2.50 bits per heavy atom. The molecule has 6 aliphatic rings. The summed E-state index contributed by atoms with van der Waals surface area (Å²) in [7, 11) is 0. The zero-order valence-electron chi connectivity index (χ0n) is 20.1. The topological polar surface area (TPSA) is 18.5 Å². The van der Waals surface area contributed by atoms with Gasteiger partial charge in [-0.05, 0) is 97.7 Å². The molecule has 2 heteroatoms. The van der Waals surface area contributed by atoms with E-state index in [1.807, 2.05) is 5.57 Å². The van der Waals surface area contributed by atoms with Gasteiger partial charge in [-0.1, -0.05) is 46.3 Å². The predicted molar refractivity (Wildman–Crippen MR) is 121 cm³/mol. The van der Waals surface area contributed by atoms with Gasteiger partial charge in [0.2, 0.25) is 0 Å². The molecule has 0 aromatic rings. The van der Waals surface area contributed by atoms with Gasteiger partial charge in [0.25, 0.3) is 0 Å². The molecule has 2 nitrogen and oxygen atoms in total. The fourth-order valence-corrected chi connectivity index (χ4v) is 9.86. The Balaban J connectivity index is 1.28. The van der Waals surface area contributed by atoms with E-state index in [2.05, 4.69) is 40.7 Å². The summed E-state index contributed by atoms with van der Waals surface area (Å²) in [5, 5.41) is 0. The summed E-state index contributed by atoms with van der Waals surface area (Å²) in [6.07, 6.45) is 15.3. The van der Waals surface area contributed by atoms with Gasteiger partial charge in [-0.25, -0.2) is 0 Å². The molecular weight excluding hydrogens is 368 g/mol. The minimum Gasteiger partial charge on any atom is -0.349 e. The maximum Gasteiger partial charge on any atom is 0.171 e. The molecule has 1 spiro atoms. The van der Waals surface area contributed by atoms with Crippen molar-refractivity contribution in [3.05, 3.63) is 11.6 Å². The first-order valence-corrected chi connectivity index (χ1v) is 13.3. The fraction of sp³-hybridized carbons (Fsp3) is 0.929. The minimum atomic E-state index is -0.266. The number of ether oxygens (including phenoxy) is 2. The van der Waals surface area contributed by atoms with Gasteiger partial charge in [0, 0.05) is 12.3 Å². The highest BCUT2D eigenvalue weighted by molar-refractivity contribution is 5.26. The van der Waals surface area contributed by atoms with Crippen LogP contribution in [0.3, 0.4) is 0 Å². The van der Waals surface area contributed by atoms with Crippen LogP contribution in [-0.4, -0.2) is 18.5 Å². The summed E-state index contributed by atoms with van der Waals surface area (Å²) in [6, 6.07) is 0. The van der Waals surface area contributed by atoms with Crippen LogP contribution in [0, 0.1) is 52.3 Å². The van der Waals surface area contributed by atoms with Crippen molar-refractivity contribution in [3.8, 4) is 0 Å². The lowest BCUT2D eigenvalue weighted by Crippen LogP contribution is -2.52. The molecule has 2 aliphatic heterocycles. The van der Waals surface area contributed by atoms with Crippen LogP contribution in [0.5, 0.6) is 0 Å². The van der Waals surface area contributed by atoms with Gasteiger partial charge >= 0.3 is 0 Å². The quantitative estimate of drug-likeness (QED) is 0.399. The second-order valence-corrected chi connectivity index (χ2v) is 13.1. The average Bonchev–Trinajstić information content (AvgIpc) is 3.16. The van der Waals surface area contributed by atoms with E-state index in [-0.39, 0.29) is 5.79 Å². The molecule has 4 aliphatic carbocycles. The van der Waals surface area contributed by atoms with E-state index < -0.39 is 0 Å². The first-order chi connectivity index (χ1) is 14.3. The van der Waals surface area contributed by atoms with Crippen molar-refractivity contribution in [1.82, 2.24) is 0 Å². The van der Waals surface area contributed by atoms with E-state index in [4.69, 9.17) is 9.47 Å². The SMILES string of the molecule is CC1CC[C@@]2(C)C(=CCC3C4CC5OC6(CC[C@@H](C)CO6)[C@@H](C)C5[C@@]4(C)CCC32)C1. The van der Waals surface area contributed by atoms with Crippen molar-refractivity contribution in [1.29, 1.82) is 0 Å². The summed E-state index contributed by atoms with van der Waals surface area (Å²) in [5.41, 5.74) is 2.77. The zero-order valence-corrected chi connectivity index (χ0v) is 20.1. The maximum atomic E-state index is 6.92. The molecule has 0 aromatic carbocycles. The minimum absolute atomic E-state index is 0.266. The Morgan fingerprint density at radius 2 is 1.73 bits per heavy atom. The Kier molecular flexibility index (Phi) is 4.46. The van der Waals surface area contributed by atoms with Crippen LogP contribution in [-0.2, 0) is 9.47 Å². The molecule has 0 aromatic heterocycles.